The Morgan fingerprint density at radius 1 is 0.371 bits per heavy atom. The van der Waals surface area contributed by atoms with Crippen molar-refractivity contribution >= 4 is 32.3 Å². The lowest BCUT2D eigenvalue weighted by molar-refractivity contribution is -0.0424. The van der Waals surface area contributed by atoms with Crippen LogP contribution in [0.4, 0.5) is 0 Å². The SMILES string of the molecule is CC1(C)c2cc(-c3ccccc3)ccc2-c2ccc(-c3c4ccccc4c(-c4ccc5c(c4)-c4c(ccc6ccccc46)C5C4C5CC6CC(C5)CC4C6)c4ccccc34)cc21. The highest BCUT2D eigenvalue weighted by Gasteiger charge is 2.52. The topological polar surface area (TPSA) is 0 Å². The van der Waals surface area contributed by atoms with Crippen molar-refractivity contribution in [2.75, 3.05) is 0 Å². The van der Waals surface area contributed by atoms with Gasteiger partial charge in [-0.25, -0.2) is 0 Å². The van der Waals surface area contributed by atoms with E-state index < -0.39 is 0 Å². The zero-order chi connectivity index (χ0) is 40.8. The van der Waals surface area contributed by atoms with Gasteiger partial charge in [-0.05, 0) is 190 Å². The van der Waals surface area contributed by atoms with Gasteiger partial charge >= 0.3 is 0 Å². The number of benzene rings is 9. The Kier molecular flexibility index (Phi) is 7.36. The van der Waals surface area contributed by atoms with Gasteiger partial charge in [-0.2, -0.15) is 0 Å². The Bertz CT molecular complexity index is 3260. The van der Waals surface area contributed by atoms with Crippen molar-refractivity contribution in [3.63, 3.8) is 0 Å². The molecule has 0 heterocycles. The van der Waals surface area contributed by atoms with E-state index in [1.54, 1.807) is 11.1 Å². The molecule has 1 unspecified atom stereocenters. The van der Waals surface area contributed by atoms with Crippen molar-refractivity contribution in [2.45, 2.75) is 57.3 Å². The molecule has 4 saturated carbocycles. The lowest BCUT2D eigenvalue weighted by Crippen LogP contribution is -2.47. The summed E-state index contributed by atoms with van der Waals surface area (Å²) in [6.45, 7) is 4.83. The maximum absolute atomic E-state index is 2.61. The van der Waals surface area contributed by atoms with Crippen molar-refractivity contribution in [2.24, 2.45) is 29.6 Å². The third-order valence-corrected chi connectivity index (χ3v) is 16.9. The van der Waals surface area contributed by atoms with Crippen LogP contribution >= 0.6 is 0 Å². The highest BCUT2D eigenvalue weighted by atomic mass is 14.6. The molecule has 62 heavy (non-hydrogen) atoms. The molecule has 4 bridgehead atoms. The van der Waals surface area contributed by atoms with Gasteiger partial charge in [-0.1, -0.05) is 166 Å². The van der Waals surface area contributed by atoms with E-state index in [1.807, 2.05) is 0 Å². The van der Waals surface area contributed by atoms with Crippen molar-refractivity contribution in [1.29, 1.82) is 0 Å². The molecule has 0 spiro atoms. The Morgan fingerprint density at radius 2 is 0.871 bits per heavy atom. The number of rotatable bonds is 4. The van der Waals surface area contributed by atoms with E-state index in [9.17, 15) is 0 Å². The highest BCUT2D eigenvalue weighted by Crippen LogP contribution is 2.64. The summed E-state index contributed by atoms with van der Waals surface area (Å²) in [5.41, 5.74) is 19.4. The third-order valence-electron chi connectivity index (χ3n) is 16.9. The van der Waals surface area contributed by atoms with E-state index >= 15 is 0 Å². The Labute approximate surface area is 365 Å². The summed E-state index contributed by atoms with van der Waals surface area (Å²) in [6, 6.07) is 65.5. The molecule has 0 radical (unpaired) electrons. The van der Waals surface area contributed by atoms with Gasteiger partial charge in [0, 0.05) is 11.3 Å². The van der Waals surface area contributed by atoms with Crippen LogP contribution in [0.3, 0.4) is 0 Å². The molecule has 0 heteroatoms. The summed E-state index contributed by atoms with van der Waals surface area (Å²) >= 11 is 0. The third kappa shape index (κ3) is 4.90. The zero-order valence-electron chi connectivity index (χ0n) is 35.7. The average molecular weight is 795 g/mol. The number of hydrogen-bond acceptors (Lipinski definition) is 0. The summed E-state index contributed by atoms with van der Waals surface area (Å²) in [5, 5.41) is 8.05. The molecule has 0 nitrogen and oxygen atoms in total. The summed E-state index contributed by atoms with van der Waals surface area (Å²) in [5.74, 6) is 4.94. The molecule has 0 aromatic heterocycles. The van der Waals surface area contributed by atoms with Gasteiger partial charge in [-0.3, -0.25) is 0 Å². The van der Waals surface area contributed by atoms with Gasteiger partial charge in [0.15, 0.2) is 0 Å². The lowest BCUT2D eigenvalue weighted by atomic mass is 9.49. The second-order valence-electron chi connectivity index (χ2n) is 20.4. The first-order chi connectivity index (χ1) is 30.5. The molecule has 9 aromatic carbocycles. The van der Waals surface area contributed by atoms with Crippen molar-refractivity contribution < 1.29 is 0 Å². The molecule has 6 aliphatic rings. The van der Waals surface area contributed by atoms with Gasteiger partial charge in [0.05, 0.1) is 0 Å². The van der Waals surface area contributed by atoms with Gasteiger partial charge < -0.3 is 0 Å². The molecule has 1 atom stereocenters. The summed E-state index contributed by atoms with van der Waals surface area (Å²) in [4.78, 5) is 0. The molecular weight excluding hydrogens is 745 g/mol. The number of fused-ring (bicyclic) bond motifs is 10. The van der Waals surface area contributed by atoms with Crippen molar-refractivity contribution in [3.05, 3.63) is 192 Å². The molecule has 0 saturated heterocycles. The van der Waals surface area contributed by atoms with Gasteiger partial charge in [0.1, 0.15) is 0 Å². The second-order valence-corrected chi connectivity index (χ2v) is 20.4. The first kappa shape index (κ1) is 35.4. The normalized spacial score (nSPS) is 23.5. The fourth-order valence-corrected chi connectivity index (χ4v) is 14.6. The minimum Gasteiger partial charge on any atom is -0.0622 e. The van der Waals surface area contributed by atoms with Gasteiger partial charge in [-0.15, -0.1) is 0 Å². The first-order valence-electron chi connectivity index (χ1n) is 23.4. The number of hydrogen-bond donors (Lipinski definition) is 0. The smallest absolute Gasteiger partial charge is 0.0159 e. The zero-order valence-corrected chi connectivity index (χ0v) is 35.7. The van der Waals surface area contributed by atoms with E-state index in [-0.39, 0.29) is 5.41 Å². The van der Waals surface area contributed by atoms with E-state index in [2.05, 4.69) is 184 Å². The van der Waals surface area contributed by atoms with Crippen molar-refractivity contribution in [1.82, 2.24) is 0 Å². The van der Waals surface area contributed by atoms with E-state index in [0.717, 1.165) is 29.6 Å². The predicted octanol–water partition coefficient (Wildman–Crippen LogP) is 16.6. The summed E-state index contributed by atoms with van der Waals surface area (Å²) in [7, 11) is 0. The van der Waals surface area contributed by atoms with Crippen LogP contribution in [0.2, 0.25) is 0 Å². The van der Waals surface area contributed by atoms with Crippen LogP contribution in [0.5, 0.6) is 0 Å². The lowest BCUT2D eigenvalue weighted by Gasteiger charge is -2.56. The highest BCUT2D eigenvalue weighted by molar-refractivity contribution is 6.22. The van der Waals surface area contributed by atoms with Gasteiger partial charge in [0.25, 0.3) is 0 Å². The van der Waals surface area contributed by atoms with E-state index in [4.69, 9.17) is 0 Å². The van der Waals surface area contributed by atoms with Crippen LogP contribution < -0.4 is 0 Å². The Balaban J connectivity index is 0.944. The minimum atomic E-state index is -0.129. The Hall–Kier alpha value is -6.24. The van der Waals surface area contributed by atoms with Crippen LogP contribution in [0.1, 0.15) is 74.1 Å². The quantitative estimate of drug-likeness (QED) is 0.156. The van der Waals surface area contributed by atoms with E-state index in [1.165, 1.54) is 131 Å². The molecule has 0 aliphatic heterocycles. The molecule has 9 aromatic rings. The fraction of sp³-hybridized carbons (Fsp3) is 0.226. The van der Waals surface area contributed by atoms with Crippen molar-refractivity contribution in [3.8, 4) is 55.6 Å². The minimum absolute atomic E-state index is 0.129. The van der Waals surface area contributed by atoms with Crippen LogP contribution in [0.25, 0.3) is 88.0 Å². The molecule has 15 rings (SSSR count). The van der Waals surface area contributed by atoms with Crippen LogP contribution in [-0.4, -0.2) is 0 Å². The molecule has 0 amide bonds. The van der Waals surface area contributed by atoms with Gasteiger partial charge in [0.2, 0.25) is 0 Å². The fourth-order valence-electron chi connectivity index (χ4n) is 14.6. The second kappa shape index (κ2) is 12.9. The maximum Gasteiger partial charge on any atom is 0.0159 e. The molecular formula is C62H50. The summed E-state index contributed by atoms with van der Waals surface area (Å²) < 4.78 is 0. The maximum atomic E-state index is 2.61. The van der Waals surface area contributed by atoms with E-state index in [0.29, 0.717) is 5.92 Å². The first-order valence-corrected chi connectivity index (χ1v) is 23.4. The monoisotopic (exact) mass is 794 g/mol. The Morgan fingerprint density at radius 3 is 1.50 bits per heavy atom. The predicted molar refractivity (Wildman–Crippen MR) is 261 cm³/mol. The van der Waals surface area contributed by atoms with Crippen LogP contribution in [0.15, 0.2) is 170 Å². The largest absolute Gasteiger partial charge is 0.0622 e. The van der Waals surface area contributed by atoms with Crippen LogP contribution in [-0.2, 0) is 5.41 Å². The average Bonchev–Trinajstić information content (AvgIpc) is 3.75. The molecule has 4 fully saturated rings. The standard InChI is InChI=1S/C62H50/c1-62(2)55-34-40(38-12-4-3-5-13-38)21-24-46(55)47-25-22-42(35-56(47)62)59-50-18-10-8-16-48(50)58(49-17-9-11-19-51(49)59)41-23-26-52-54(33-41)60-45-15-7-6-14-39(45)20-27-53(60)61(52)57-43-29-36-28-37(31-43)32-44(57)30-36/h3-27,33-37,43-44,57,61H,28-32H2,1-2H3. The van der Waals surface area contributed by atoms with Crippen LogP contribution in [0, 0.1) is 29.6 Å². The summed E-state index contributed by atoms with van der Waals surface area (Å²) in [6.07, 6.45) is 7.33. The molecule has 0 N–H and O–H groups in total. The molecule has 298 valence electrons. The molecule has 6 aliphatic carbocycles.